The van der Waals surface area contributed by atoms with E-state index in [4.69, 9.17) is 4.74 Å². The minimum absolute atomic E-state index is 0.0682. The molecule has 2 unspecified atom stereocenters. The molecule has 0 bridgehead atoms. The number of hydrogen-bond acceptors (Lipinski definition) is 4. The highest BCUT2D eigenvalue weighted by atomic mass is 16.5. The van der Waals surface area contributed by atoms with Crippen LogP contribution in [-0.4, -0.2) is 52.7 Å². The Bertz CT molecular complexity index is 1030. The smallest absolute Gasteiger partial charge is 0.408 e. The molecule has 174 valence electrons. The predicted octanol–water partition coefficient (Wildman–Crippen LogP) is 4.02. The molecular weight excluding hydrogens is 420 g/mol. The van der Waals surface area contributed by atoms with Gasteiger partial charge >= 0.3 is 12.1 Å². The summed E-state index contributed by atoms with van der Waals surface area (Å²) in [6.45, 7) is 5.64. The van der Waals surface area contributed by atoms with Gasteiger partial charge in [0.05, 0.1) is 5.92 Å². The van der Waals surface area contributed by atoms with Crippen LogP contribution in [0.2, 0.25) is 0 Å². The first-order valence-corrected chi connectivity index (χ1v) is 11.4. The van der Waals surface area contributed by atoms with Crippen LogP contribution in [0, 0.1) is 5.92 Å². The summed E-state index contributed by atoms with van der Waals surface area (Å²) in [5.41, 5.74) is 3.30. The Kier molecular flexibility index (Phi) is 6.15. The molecule has 7 nitrogen and oxygen atoms in total. The summed E-state index contributed by atoms with van der Waals surface area (Å²) in [7, 11) is 0. The monoisotopic (exact) mass is 450 g/mol. The second-order valence-electron chi connectivity index (χ2n) is 9.28. The SMILES string of the molecule is CCC1C(C(=O)O)CCN1C(=O)C(C)(C)NC(=O)OCC1c2ccccc2-c2ccccc21. The van der Waals surface area contributed by atoms with E-state index < -0.39 is 23.5 Å². The molecule has 1 aliphatic carbocycles. The molecule has 2 aliphatic rings. The third kappa shape index (κ3) is 4.19. The molecule has 33 heavy (non-hydrogen) atoms. The number of nitrogens with one attached hydrogen (secondary N) is 1. The van der Waals surface area contributed by atoms with Gasteiger partial charge in [0, 0.05) is 18.5 Å². The Balaban J connectivity index is 1.42. The quantitative estimate of drug-likeness (QED) is 0.693. The molecule has 2 atom stereocenters. The number of likely N-dealkylation sites (tertiary alicyclic amines) is 1. The molecule has 4 rings (SSSR count). The van der Waals surface area contributed by atoms with Crippen molar-refractivity contribution in [3.05, 3.63) is 59.7 Å². The van der Waals surface area contributed by atoms with Gasteiger partial charge in [-0.15, -0.1) is 0 Å². The summed E-state index contributed by atoms with van der Waals surface area (Å²) in [5, 5.41) is 12.1. The fourth-order valence-electron chi connectivity index (χ4n) is 5.20. The number of ether oxygens (including phenoxy) is 1. The van der Waals surface area contributed by atoms with Crippen molar-refractivity contribution in [3.63, 3.8) is 0 Å². The molecule has 7 heteroatoms. The van der Waals surface area contributed by atoms with E-state index in [1.165, 1.54) is 0 Å². The zero-order valence-corrected chi connectivity index (χ0v) is 19.2. The number of fused-ring (bicyclic) bond motifs is 3. The van der Waals surface area contributed by atoms with E-state index in [-0.39, 0.29) is 24.5 Å². The molecular formula is C26H30N2O5. The molecule has 2 aromatic rings. The minimum atomic E-state index is -1.22. The van der Waals surface area contributed by atoms with Gasteiger partial charge in [-0.1, -0.05) is 55.5 Å². The van der Waals surface area contributed by atoms with E-state index in [0.29, 0.717) is 19.4 Å². The van der Waals surface area contributed by atoms with Crippen molar-refractivity contribution in [1.82, 2.24) is 10.2 Å². The molecule has 0 radical (unpaired) electrons. The zero-order chi connectivity index (χ0) is 23.8. The molecule has 1 aliphatic heterocycles. The fourth-order valence-corrected chi connectivity index (χ4v) is 5.20. The Labute approximate surface area is 193 Å². The summed E-state index contributed by atoms with van der Waals surface area (Å²) in [6, 6.07) is 15.8. The summed E-state index contributed by atoms with van der Waals surface area (Å²) >= 11 is 0. The van der Waals surface area contributed by atoms with Crippen molar-refractivity contribution < 1.29 is 24.2 Å². The van der Waals surface area contributed by atoms with Crippen molar-refractivity contribution >= 4 is 18.0 Å². The number of carbonyl (C=O) groups is 3. The maximum Gasteiger partial charge on any atom is 0.408 e. The van der Waals surface area contributed by atoms with Gasteiger partial charge in [0.15, 0.2) is 0 Å². The van der Waals surface area contributed by atoms with Gasteiger partial charge in [-0.05, 0) is 48.9 Å². The van der Waals surface area contributed by atoms with Gasteiger partial charge in [-0.3, -0.25) is 9.59 Å². The first-order valence-electron chi connectivity index (χ1n) is 11.4. The summed E-state index contributed by atoms with van der Waals surface area (Å²) in [4.78, 5) is 39.0. The Morgan fingerprint density at radius 1 is 1.06 bits per heavy atom. The predicted molar refractivity (Wildman–Crippen MR) is 124 cm³/mol. The second kappa shape index (κ2) is 8.89. The van der Waals surface area contributed by atoms with Crippen molar-refractivity contribution in [2.45, 2.75) is 51.1 Å². The lowest BCUT2D eigenvalue weighted by Gasteiger charge is -2.34. The molecule has 1 saturated heterocycles. The highest BCUT2D eigenvalue weighted by Crippen LogP contribution is 2.44. The number of rotatable bonds is 6. The summed E-state index contributed by atoms with van der Waals surface area (Å²) < 4.78 is 5.59. The highest BCUT2D eigenvalue weighted by molar-refractivity contribution is 5.90. The van der Waals surface area contributed by atoms with Crippen LogP contribution in [-0.2, 0) is 14.3 Å². The number of benzene rings is 2. The van der Waals surface area contributed by atoms with Gasteiger partial charge in [0.25, 0.3) is 0 Å². The van der Waals surface area contributed by atoms with Crippen LogP contribution < -0.4 is 5.32 Å². The number of carbonyl (C=O) groups excluding carboxylic acids is 2. The zero-order valence-electron chi connectivity index (χ0n) is 19.2. The van der Waals surface area contributed by atoms with Gasteiger partial charge < -0.3 is 20.1 Å². The fraction of sp³-hybridized carbons (Fsp3) is 0.423. The maximum absolute atomic E-state index is 13.2. The van der Waals surface area contributed by atoms with E-state index in [2.05, 4.69) is 17.4 Å². The van der Waals surface area contributed by atoms with Crippen molar-refractivity contribution in [3.8, 4) is 11.1 Å². The lowest BCUT2D eigenvalue weighted by atomic mass is 9.97. The summed E-state index contributed by atoms with van der Waals surface area (Å²) in [6.07, 6.45) is 0.293. The van der Waals surface area contributed by atoms with E-state index in [1.54, 1.807) is 18.7 Å². The second-order valence-corrected chi connectivity index (χ2v) is 9.28. The number of aliphatic carboxylic acids is 1. The van der Waals surface area contributed by atoms with Gasteiger partial charge in [-0.2, -0.15) is 0 Å². The molecule has 2 N–H and O–H groups in total. The average molecular weight is 451 g/mol. The lowest BCUT2D eigenvalue weighted by molar-refractivity contribution is -0.144. The van der Waals surface area contributed by atoms with Gasteiger partial charge in [-0.25, -0.2) is 4.79 Å². The molecule has 1 heterocycles. The standard InChI is InChI=1S/C26H30N2O5/c1-4-22-20(23(29)30)13-14-28(22)24(31)26(2,3)27-25(32)33-15-21-18-11-7-5-9-16(18)17-10-6-8-12-19(17)21/h5-12,20-22H,4,13-15H2,1-3H3,(H,27,32)(H,29,30). The Hall–Kier alpha value is -3.35. The summed E-state index contributed by atoms with van der Waals surface area (Å²) in [5.74, 6) is -1.84. The first-order chi connectivity index (χ1) is 15.7. The third-order valence-corrected chi connectivity index (χ3v) is 6.84. The molecule has 0 saturated carbocycles. The van der Waals surface area contributed by atoms with Crippen molar-refractivity contribution in [2.24, 2.45) is 5.92 Å². The maximum atomic E-state index is 13.2. The normalized spacial score (nSPS) is 19.7. The van der Waals surface area contributed by atoms with Crippen LogP contribution in [0.4, 0.5) is 4.79 Å². The number of carboxylic acids is 1. The number of carboxylic acid groups (broad SMARTS) is 1. The molecule has 0 spiro atoms. The minimum Gasteiger partial charge on any atom is -0.481 e. The Morgan fingerprint density at radius 3 is 2.18 bits per heavy atom. The van der Waals surface area contributed by atoms with Crippen LogP contribution in [0.3, 0.4) is 0 Å². The number of alkyl carbamates (subject to hydrolysis) is 1. The van der Waals surface area contributed by atoms with Gasteiger partial charge in [0.2, 0.25) is 5.91 Å². The molecule has 0 aromatic heterocycles. The average Bonchev–Trinajstić information content (AvgIpc) is 3.36. The van der Waals surface area contributed by atoms with E-state index in [9.17, 15) is 19.5 Å². The van der Waals surface area contributed by atoms with Crippen LogP contribution in [0.25, 0.3) is 11.1 Å². The number of amides is 2. The highest BCUT2D eigenvalue weighted by Gasteiger charge is 2.44. The van der Waals surface area contributed by atoms with Crippen LogP contribution in [0.1, 0.15) is 50.7 Å². The van der Waals surface area contributed by atoms with E-state index >= 15 is 0 Å². The van der Waals surface area contributed by atoms with Gasteiger partial charge in [0.1, 0.15) is 12.1 Å². The van der Waals surface area contributed by atoms with Crippen LogP contribution in [0.5, 0.6) is 0 Å². The number of hydrogen-bond donors (Lipinski definition) is 2. The van der Waals surface area contributed by atoms with Crippen molar-refractivity contribution in [2.75, 3.05) is 13.2 Å². The Morgan fingerprint density at radius 2 is 1.64 bits per heavy atom. The van der Waals surface area contributed by atoms with E-state index in [1.807, 2.05) is 43.3 Å². The van der Waals surface area contributed by atoms with Crippen LogP contribution in [0.15, 0.2) is 48.5 Å². The topological polar surface area (TPSA) is 95.9 Å². The van der Waals surface area contributed by atoms with E-state index in [0.717, 1.165) is 22.3 Å². The van der Waals surface area contributed by atoms with Crippen LogP contribution >= 0.6 is 0 Å². The molecule has 2 amide bonds. The molecule has 1 fully saturated rings. The first kappa shape index (κ1) is 22.8. The largest absolute Gasteiger partial charge is 0.481 e. The lowest BCUT2D eigenvalue weighted by Crippen LogP contribution is -2.57. The number of nitrogens with zero attached hydrogens (tertiary/aromatic N) is 1. The molecule has 2 aromatic carbocycles. The van der Waals surface area contributed by atoms with Crippen molar-refractivity contribution in [1.29, 1.82) is 0 Å². The third-order valence-electron chi connectivity index (χ3n) is 6.84.